The van der Waals surface area contributed by atoms with Gasteiger partial charge in [-0.05, 0) is 26.2 Å². The third kappa shape index (κ3) is 3.51. The molecule has 1 saturated heterocycles. The summed E-state index contributed by atoms with van der Waals surface area (Å²) in [6, 6.07) is 0.566. The standard InChI is InChI=1S/C12H22N4O/c1-3-12(2)8-10(5-7-17-12)13-6-4-11-14-9-15-16-11/h9-10,13H,3-8H2,1-2H3,(H,14,15,16). The Hall–Kier alpha value is -0.940. The van der Waals surface area contributed by atoms with Gasteiger partial charge in [0.25, 0.3) is 0 Å². The maximum absolute atomic E-state index is 5.83. The van der Waals surface area contributed by atoms with E-state index in [0.29, 0.717) is 6.04 Å². The SMILES string of the molecule is CCC1(C)CC(NCCc2ncn[nH]2)CCO1. The third-order valence-corrected chi connectivity index (χ3v) is 3.60. The molecule has 1 aromatic heterocycles. The summed E-state index contributed by atoms with van der Waals surface area (Å²) in [5, 5.41) is 10.3. The first-order valence-corrected chi connectivity index (χ1v) is 6.43. The molecule has 96 valence electrons. The van der Waals surface area contributed by atoms with Gasteiger partial charge in [-0.15, -0.1) is 0 Å². The van der Waals surface area contributed by atoms with Crippen LogP contribution in [0.1, 0.15) is 38.9 Å². The molecular weight excluding hydrogens is 216 g/mol. The lowest BCUT2D eigenvalue weighted by atomic mass is 9.90. The average molecular weight is 238 g/mol. The second kappa shape index (κ2) is 5.60. The van der Waals surface area contributed by atoms with E-state index in [1.807, 2.05) is 0 Å². The van der Waals surface area contributed by atoms with Crippen LogP contribution in [0.2, 0.25) is 0 Å². The van der Waals surface area contributed by atoms with Crippen LogP contribution in [0.3, 0.4) is 0 Å². The van der Waals surface area contributed by atoms with E-state index in [-0.39, 0.29) is 5.60 Å². The molecule has 1 aliphatic rings. The number of nitrogens with one attached hydrogen (secondary N) is 2. The first kappa shape index (κ1) is 12.5. The van der Waals surface area contributed by atoms with Crippen molar-refractivity contribution in [3.8, 4) is 0 Å². The summed E-state index contributed by atoms with van der Waals surface area (Å²) in [6.45, 7) is 6.21. The van der Waals surface area contributed by atoms with Crippen molar-refractivity contribution in [2.45, 2.75) is 51.2 Å². The van der Waals surface area contributed by atoms with Crippen molar-refractivity contribution in [2.24, 2.45) is 0 Å². The van der Waals surface area contributed by atoms with Gasteiger partial charge in [-0.25, -0.2) is 4.98 Å². The fraction of sp³-hybridized carbons (Fsp3) is 0.833. The molecule has 0 bridgehead atoms. The van der Waals surface area contributed by atoms with E-state index in [1.54, 1.807) is 6.33 Å². The van der Waals surface area contributed by atoms with Crippen LogP contribution in [-0.4, -0.2) is 40.0 Å². The number of H-pyrrole nitrogens is 1. The van der Waals surface area contributed by atoms with Crippen molar-refractivity contribution in [2.75, 3.05) is 13.2 Å². The Morgan fingerprint density at radius 1 is 1.65 bits per heavy atom. The summed E-state index contributed by atoms with van der Waals surface area (Å²) in [5.74, 6) is 0.947. The zero-order valence-electron chi connectivity index (χ0n) is 10.7. The maximum atomic E-state index is 5.83. The van der Waals surface area contributed by atoms with Crippen LogP contribution < -0.4 is 5.32 Å². The lowest BCUT2D eigenvalue weighted by molar-refractivity contribution is -0.0778. The molecule has 0 amide bonds. The van der Waals surface area contributed by atoms with Gasteiger partial charge in [-0.1, -0.05) is 6.92 Å². The summed E-state index contributed by atoms with van der Waals surface area (Å²) in [7, 11) is 0. The van der Waals surface area contributed by atoms with Crippen LogP contribution in [0.25, 0.3) is 0 Å². The van der Waals surface area contributed by atoms with Crippen LogP contribution in [0, 0.1) is 0 Å². The first-order chi connectivity index (χ1) is 8.22. The van der Waals surface area contributed by atoms with Gasteiger partial charge >= 0.3 is 0 Å². The van der Waals surface area contributed by atoms with E-state index in [4.69, 9.17) is 4.74 Å². The number of ether oxygens (including phenoxy) is 1. The molecule has 2 heterocycles. The molecule has 5 heteroatoms. The van der Waals surface area contributed by atoms with Gasteiger partial charge in [0.1, 0.15) is 12.2 Å². The second-order valence-electron chi connectivity index (χ2n) is 4.98. The minimum absolute atomic E-state index is 0.0577. The molecule has 0 aromatic carbocycles. The van der Waals surface area contributed by atoms with Crippen LogP contribution in [-0.2, 0) is 11.2 Å². The average Bonchev–Trinajstić information content (AvgIpc) is 2.82. The van der Waals surface area contributed by atoms with E-state index in [1.165, 1.54) is 0 Å². The molecule has 17 heavy (non-hydrogen) atoms. The highest BCUT2D eigenvalue weighted by molar-refractivity contribution is 4.87. The van der Waals surface area contributed by atoms with Crippen molar-refractivity contribution in [1.82, 2.24) is 20.5 Å². The molecular formula is C12H22N4O. The number of nitrogens with zero attached hydrogens (tertiary/aromatic N) is 2. The number of aromatic nitrogens is 3. The van der Waals surface area contributed by atoms with E-state index < -0.39 is 0 Å². The van der Waals surface area contributed by atoms with Crippen LogP contribution in [0.5, 0.6) is 0 Å². The summed E-state index contributed by atoms with van der Waals surface area (Å²) in [5.41, 5.74) is 0.0577. The van der Waals surface area contributed by atoms with Crippen LogP contribution in [0.15, 0.2) is 6.33 Å². The number of hydrogen-bond acceptors (Lipinski definition) is 4. The van der Waals surface area contributed by atoms with Crippen molar-refractivity contribution < 1.29 is 4.74 Å². The fourth-order valence-corrected chi connectivity index (χ4v) is 2.30. The monoisotopic (exact) mass is 238 g/mol. The van der Waals surface area contributed by atoms with Gasteiger partial charge in [0.15, 0.2) is 0 Å². The molecule has 1 fully saturated rings. The predicted octanol–water partition coefficient (Wildman–Crippen LogP) is 1.28. The zero-order chi connectivity index (χ0) is 12.1. The highest BCUT2D eigenvalue weighted by Crippen LogP contribution is 2.27. The number of hydrogen-bond donors (Lipinski definition) is 2. The lowest BCUT2D eigenvalue weighted by Crippen LogP contribution is -2.45. The molecule has 2 atom stereocenters. The summed E-state index contributed by atoms with van der Waals surface area (Å²) < 4.78 is 5.83. The largest absolute Gasteiger partial charge is 0.375 e. The molecule has 1 aromatic rings. The highest BCUT2D eigenvalue weighted by atomic mass is 16.5. The minimum atomic E-state index is 0.0577. The van der Waals surface area contributed by atoms with Gasteiger partial charge in [0.05, 0.1) is 5.60 Å². The van der Waals surface area contributed by atoms with Crippen molar-refractivity contribution in [3.63, 3.8) is 0 Å². The first-order valence-electron chi connectivity index (χ1n) is 6.43. The smallest absolute Gasteiger partial charge is 0.137 e. The van der Waals surface area contributed by atoms with Gasteiger partial charge in [0.2, 0.25) is 0 Å². The molecule has 0 spiro atoms. The second-order valence-corrected chi connectivity index (χ2v) is 4.98. The highest BCUT2D eigenvalue weighted by Gasteiger charge is 2.31. The molecule has 0 aliphatic carbocycles. The quantitative estimate of drug-likeness (QED) is 0.811. The summed E-state index contributed by atoms with van der Waals surface area (Å²) in [4.78, 5) is 4.11. The van der Waals surface area contributed by atoms with Gasteiger partial charge < -0.3 is 10.1 Å². The van der Waals surface area contributed by atoms with E-state index in [2.05, 4.69) is 34.3 Å². The van der Waals surface area contributed by atoms with Crippen molar-refractivity contribution in [3.05, 3.63) is 12.2 Å². The molecule has 0 radical (unpaired) electrons. The van der Waals surface area contributed by atoms with Gasteiger partial charge in [0, 0.05) is 25.6 Å². The Labute approximate surface area is 102 Å². The number of aromatic amines is 1. The van der Waals surface area contributed by atoms with E-state index in [9.17, 15) is 0 Å². The molecule has 1 aliphatic heterocycles. The topological polar surface area (TPSA) is 62.8 Å². The molecule has 2 unspecified atom stereocenters. The van der Waals surface area contributed by atoms with Crippen molar-refractivity contribution >= 4 is 0 Å². The Balaban J connectivity index is 1.72. The van der Waals surface area contributed by atoms with Crippen LogP contribution >= 0.6 is 0 Å². The number of rotatable bonds is 5. The Morgan fingerprint density at radius 2 is 2.53 bits per heavy atom. The minimum Gasteiger partial charge on any atom is -0.375 e. The fourth-order valence-electron chi connectivity index (χ4n) is 2.30. The Bertz CT molecular complexity index is 327. The zero-order valence-corrected chi connectivity index (χ0v) is 10.7. The maximum Gasteiger partial charge on any atom is 0.137 e. The summed E-state index contributed by atoms with van der Waals surface area (Å²) >= 11 is 0. The molecule has 0 saturated carbocycles. The van der Waals surface area contributed by atoms with Crippen LogP contribution in [0.4, 0.5) is 0 Å². The third-order valence-electron chi connectivity index (χ3n) is 3.60. The summed E-state index contributed by atoms with van der Waals surface area (Å²) in [6.07, 6.45) is 5.73. The molecule has 5 nitrogen and oxygen atoms in total. The lowest BCUT2D eigenvalue weighted by Gasteiger charge is -2.38. The van der Waals surface area contributed by atoms with Gasteiger partial charge in [-0.2, -0.15) is 5.10 Å². The van der Waals surface area contributed by atoms with E-state index >= 15 is 0 Å². The Kier molecular flexibility index (Phi) is 4.12. The normalized spacial score (nSPS) is 29.4. The molecule has 2 N–H and O–H groups in total. The van der Waals surface area contributed by atoms with Crippen molar-refractivity contribution in [1.29, 1.82) is 0 Å². The Morgan fingerprint density at radius 3 is 3.24 bits per heavy atom. The van der Waals surface area contributed by atoms with E-state index in [0.717, 1.165) is 44.7 Å². The van der Waals surface area contributed by atoms with Gasteiger partial charge in [-0.3, -0.25) is 5.10 Å². The predicted molar refractivity (Wildman–Crippen MR) is 65.8 cm³/mol. The molecule has 2 rings (SSSR count).